The highest BCUT2D eigenvalue weighted by Crippen LogP contribution is 2.45. The molecule has 0 spiro atoms. The molecule has 1 unspecified atom stereocenters. The van der Waals surface area contributed by atoms with Crippen LogP contribution in [0.3, 0.4) is 0 Å². The largest absolute Gasteiger partial charge is 0.497 e. The summed E-state index contributed by atoms with van der Waals surface area (Å²) < 4.78 is 47.9. The highest BCUT2D eigenvalue weighted by atomic mass is 19.4. The standard InChI is InChI=1S/C11H9F3O3/c1-16-6-2-3-7-8(11(12,13)14)5-10(15)17-9(7)4-6/h2-4,8H,5H2,1H3. The number of hydrogen-bond donors (Lipinski definition) is 0. The maximum absolute atomic E-state index is 12.7. The van der Waals surface area contributed by atoms with Crippen LogP contribution in [0.15, 0.2) is 18.2 Å². The number of fused-ring (bicyclic) bond motifs is 1. The Bertz CT molecular complexity index is 454. The molecule has 6 heteroatoms. The second kappa shape index (κ2) is 3.94. The number of halogens is 3. The summed E-state index contributed by atoms with van der Waals surface area (Å²) in [5.41, 5.74) is -0.0297. The summed E-state index contributed by atoms with van der Waals surface area (Å²) in [6.45, 7) is 0. The fourth-order valence-corrected chi connectivity index (χ4v) is 1.75. The summed E-state index contributed by atoms with van der Waals surface area (Å²) in [5.74, 6) is -2.42. The van der Waals surface area contributed by atoms with Crippen molar-refractivity contribution >= 4 is 5.97 Å². The zero-order valence-corrected chi connectivity index (χ0v) is 8.88. The molecular formula is C11H9F3O3. The molecule has 0 aliphatic carbocycles. The van der Waals surface area contributed by atoms with Gasteiger partial charge in [0.1, 0.15) is 11.5 Å². The molecule has 0 saturated carbocycles. The quantitative estimate of drug-likeness (QED) is 0.564. The number of alkyl halides is 3. The summed E-state index contributed by atoms with van der Waals surface area (Å²) in [4.78, 5) is 11.1. The molecule has 1 aromatic rings. The van der Waals surface area contributed by atoms with Gasteiger partial charge in [-0.25, -0.2) is 0 Å². The predicted octanol–water partition coefficient (Wildman–Crippen LogP) is 2.65. The zero-order valence-electron chi connectivity index (χ0n) is 8.88. The van der Waals surface area contributed by atoms with Gasteiger partial charge in [0.2, 0.25) is 0 Å². The molecule has 0 aromatic heterocycles. The SMILES string of the molecule is COc1ccc2c(c1)OC(=O)CC2C(F)(F)F. The molecule has 1 atom stereocenters. The van der Waals surface area contributed by atoms with Crippen molar-refractivity contribution in [2.24, 2.45) is 0 Å². The second-order valence-electron chi connectivity index (χ2n) is 3.68. The van der Waals surface area contributed by atoms with Gasteiger partial charge in [-0.1, -0.05) is 6.07 Å². The van der Waals surface area contributed by atoms with Gasteiger partial charge in [0, 0.05) is 11.6 Å². The van der Waals surface area contributed by atoms with Crippen molar-refractivity contribution in [3.8, 4) is 11.5 Å². The molecular weight excluding hydrogens is 237 g/mol. The molecule has 0 bridgehead atoms. The number of hydrogen-bond acceptors (Lipinski definition) is 3. The van der Waals surface area contributed by atoms with Crippen molar-refractivity contribution < 1.29 is 27.4 Å². The first kappa shape index (κ1) is 11.8. The minimum atomic E-state index is -4.46. The number of carbonyl (C=O) groups is 1. The van der Waals surface area contributed by atoms with Crippen molar-refractivity contribution in [1.82, 2.24) is 0 Å². The van der Waals surface area contributed by atoms with Gasteiger partial charge in [-0.2, -0.15) is 13.2 Å². The van der Waals surface area contributed by atoms with Crippen LogP contribution >= 0.6 is 0 Å². The van der Waals surface area contributed by atoms with Crippen LogP contribution in [0.2, 0.25) is 0 Å². The predicted molar refractivity (Wildman–Crippen MR) is 52.0 cm³/mol. The van der Waals surface area contributed by atoms with Crippen molar-refractivity contribution in [3.63, 3.8) is 0 Å². The number of rotatable bonds is 1. The van der Waals surface area contributed by atoms with Crippen LogP contribution in [0.25, 0.3) is 0 Å². The van der Waals surface area contributed by atoms with Gasteiger partial charge in [-0.05, 0) is 6.07 Å². The first-order chi connectivity index (χ1) is 7.91. The molecule has 17 heavy (non-hydrogen) atoms. The molecule has 1 aliphatic rings. The Labute approximate surface area is 95.1 Å². The Balaban J connectivity index is 2.47. The molecule has 0 amide bonds. The highest BCUT2D eigenvalue weighted by molar-refractivity contribution is 5.77. The normalized spacial score (nSPS) is 19.5. The fourth-order valence-electron chi connectivity index (χ4n) is 1.75. The van der Waals surface area contributed by atoms with Crippen molar-refractivity contribution in [2.75, 3.05) is 7.11 Å². The maximum Gasteiger partial charge on any atom is 0.396 e. The Morgan fingerprint density at radius 1 is 1.41 bits per heavy atom. The minimum Gasteiger partial charge on any atom is -0.497 e. The van der Waals surface area contributed by atoms with Gasteiger partial charge >= 0.3 is 12.1 Å². The summed E-state index contributed by atoms with van der Waals surface area (Å²) in [6.07, 6.45) is -5.13. The van der Waals surface area contributed by atoms with Crippen LogP contribution in [0.5, 0.6) is 11.5 Å². The lowest BCUT2D eigenvalue weighted by atomic mass is 9.92. The van der Waals surface area contributed by atoms with E-state index in [0.29, 0.717) is 5.75 Å². The average Bonchev–Trinajstić information content (AvgIpc) is 2.25. The van der Waals surface area contributed by atoms with Crippen molar-refractivity contribution in [1.29, 1.82) is 0 Å². The van der Waals surface area contributed by atoms with Gasteiger partial charge in [0.15, 0.2) is 0 Å². The van der Waals surface area contributed by atoms with Crippen molar-refractivity contribution in [3.05, 3.63) is 23.8 Å². The monoisotopic (exact) mass is 246 g/mol. The Hall–Kier alpha value is -1.72. The third-order valence-electron chi connectivity index (χ3n) is 2.59. The van der Waals surface area contributed by atoms with Gasteiger partial charge in [0.25, 0.3) is 0 Å². The fraction of sp³-hybridized carbons (Fsp3) is 0.364. The minimum absolute atomic E-state index is 0.0297. The average molecular weight is 246 g/mol. The van der Waals surface area contributed by atoms with Crippen molar-refractivity contribution in [2.45, 2.75) is 18.5 Å². The van der Waals surface area contributed by atoms with Crippen LogP contribution in [-0.4, -0.2) is 19.3 Å². The van der Waals surface area contributed by atoms with E-state index in [2.05, 4.69) is 0 Å². The summed E-state index contributed by atoms with van der Waals surface area (Å²) in [6, 6.07) is 3.97. The van der Waals surface area contributed by atoms with Crippen LogP contribution in [-0.2, 0) is 4.79 Å². The molecule has 1 heterocycles. The van der Waals surface area contributed by atoms with E-state index in [1.165, 1.54) is 25.3 Å². The second-order valence-corrected chi connectivity index (χ2v) is 3.68. The molecule has 0 fully saturated rings. The summed E-state index contributed by atoms with van der Waals surface area (Å²) in [7, 11) is 1.38. The first-order valence-electron chi connectivity index (χ1n) is 4.87. The third kappa shape index (κ3) is 2.20. The number of ether oxygens (including phenoxy) is 2. The topological polar surface area (TPSA) is 35.5 Å². The van der Waals surface area contributed by atoms with Crippen LogP contribution < -0.4 is 9.47 Å². The lowest BCUT2D eigenvalue weighted by Crippen LogP contribution is -2.30. The molecule has 92 valence electrons. The molecule has 0 saturated heterocycles. The van der Waals surface area contributed by atoms with Gasteiger partial charge in [0.05, 0.1) is 19.4 Å². The lowest BCUT2D eigenvalue weighted by Gasteiger charge is -2.26. The van der Waals surface area contributed by atoms with E-state index >= 15 is 0 Å². The van der Waals surface area contributed by atoms with Gasteiger partial charge < -0.3 is 9.47 Å². The van der Waals surface area contributed by atoms with E-state index in [9.17, 15) is 18.0 Å². The van der Waals surface area contributed by atoms with E-state index in [-0.39, 0.29) is 11.3 Å². The first-order valence-corrected chi connectivity index (χ1v) is 4.87. The smallest absolute Gasteiger partial charge is 0.396 e. The molecule has 0 radical (unpaired) electrons. The molecule has 0 N–H and O–H groups in total. The van der Waals surface area contributed by atoms with E-state index in [4.69, 9.17) is 9.47 Å². The van der Waals surface area contributed by atoms with E-state index in [1.54, 1.807) is 0 Å². The molecule has 3 nitrogen and oxygen atoms in total. The number of esters is 1. The third-order valence-corrected chi connectivity index (χ3v) is 2.59. The van der Waals surface area contributed by atoms with E-state index in [0.717, 1.165) is 0 Å². The Morgan fingerprint density at radius 2 is 2.12 bits per heavy atom. The Kier molecular flexibility index (Phi) is 2.73. The lowest BCUT2D eigenvalue weighted by molar-refractivity contribution is -0.165. The Morgan fingerprint density at radius 3 is 2.71 bits per heavy atom. The molecule has 1 aromatic carbocycles. The highest BCUT2D eigenvalue weighted by Gasteiger charge is 2.46. The molecule has 2 rings (SSSR count). The van der Waals surface area contributed by atoms with E-state index < -0.39 is 24.5 Å². The number of benzene rings is 1. The molecule has 1 aliphatic heterocycles. The number of methoxy groups -OCH3 is 1. The van der Waals surface area contributed by atoms with E-state index in [1.807, 2.05) is 0 Å². The van der Waals surface area contributed by atoms with Crippen LogP contribution in [0.1, 0.15) is 17.9 Å². The van der Waals surface area contributed by atoms with Crippen LogP contribution in [0.4, 0.5) is 13.2 Å². The van der Waals surface area contributed by atoms with Crippen LogP contribution in [0, 0.1) is 0 Å². The maximum atomic E-state index is 12.7. The number of carbonyl (C=O) groups excluding carboxylic acids is 1. The van der Waals surface area contributed by atoms with Gasteiger partial charge in [-0.3, -0.25) is 4.79 Å². The zero-order chi connectivity index (χ0) is 12.6. The summed E-state index contributed by atoms with van der Waals surface area (Å²) in [5, 5.41) is 0. The summed E-state index contributed by atoms with van der Waals surface area (Å²) >= 11 is 0. The van der Waals surface area contributed by atoms with Gasteiger partial charge in [-0.15, -0.1) is 0 Å².